The molecule has 1 aromatic rings. The Morgan fingerprint density at radius 3 is 2.89 bits per heavy atom. The summed E-state index contributed by atoms with van der Waals surface area (Å²) in [5, 5.41) is 0. The van der Waals surface area contributed by atoms with E-state index in [1.54, 1.807) is 0 Å². The number of amidine groups is 1. The molecule has 0 fully saturated rings. The van der Waals surface area contributed by atoms with Crippen LogP contribution in [0.1, 0.15) is 42.9 Å². The number of aliphatic imine (C=N–C) groups is 1. The molecule has 1 unspecified atom stereocenters. The van der Waals surface area contributed by atoms with Gasteiger partial charge in [-0.15, -0.1) is 0 Å². The molecular formula is C15H20N2O. The van der Waals surface area contributed by atoms with Crippen molar-refractivity contribution >= 4 is 6.02 Å². The van der Waals surface area contributed by atoms with Crippen LogP contribution < -0.4 is 5.73 Å². The van der Waals surface area contributed by atoms with Crippen molar-refractivity contribution in [1.82, 2.24) is 0 Å². The second kappa shape index (κ2) is 4.01. The summed E-state index contributed by atoms with van der Waals surface area (Å²) in [5.74, 6) is 0.554. The highest BCUT2D eigenvalue weighted by Crippen LogP contribution is 2.37. The molecule has 18 heavy (non-hydrogen) atoms. The van der Waals surface area contributed by atoms with Crippen molar-refractivity contribution in [2.24, 2.45) is 10.7 Å². The van der Waals surface area contributed by atoms with Gasteiger partial charge in [-0.2, -0.15) is 0 Å². The standard InChI is InChI=1S/C15H20N2O/c1-10(2)12-5-3-4-11-6-7-15(8-13(11)12)9-18-14(16)17-15/h3-5,10H,6-9H2,1-2H3,(H2,16,17). The van der Waals surface area contributed by atoms with Crippen LogP contribution in [-0.4, -0.2) is 18.2 Å². The van der Waals surface area contributed by atoms with Gasteiger partial charge in [-0.05, 0) is 35.4 Å². The van der Waals surface area contributed by atoms with Crippen molar-refractivity contribution < 1.29 is 4.74 Å². The smallest absolute Gasteiger partial charge is 0.282 e. The maximum Gasteiger partial charge on any atom is 0.282 e. The minimum absolute atomic E-state index is 0.0952. The van der Waals surface area contributed by atoms with Gasteiger partial charge in [0.15, 0.2) is 0 Å². The highest BCUT2D eigenvalue weighted by Gasteiger charge is 2.40. The SMILES string of the molecule is CC(C)c1cccc2c1CC1(CC2)COC(N)=N1. The Bertz CT molecular complexity index is 507. The Morgan fingerprint density at radius 1 is 1.39 bits per heavy atom. The lowest BCUT2D eigenvalue weighted by atomic mass is 9.76. The second-order valence-electron chi connectivity index (χ2n) is 5.78. The predicted octanol–water partition coefficient (Wildman–Crippen LogP) is 2.38. The molecule has 1 aliphatic carbocycles. The first-order valence-corrected chi connectivity index (χ1v) is 6.68. The van der Waals surface area contributed by atoms with Crippen LogP contribution >= 0.6 is 0 Å². The summed E-state index contributed by atoms with van der Waals surface area (Å²) in [7, 11) is 0. The summed E-state index contributed by atoms with van der Waals surface area (Å²) in [4.78, 5) is 4.55. The number of aryl methyl sites for hydroxylation is 1. The molecule has 0 saturated heterocycles. The monoisotopic (exact) mass is 244 g/mol. The summed E-state index contributed by atoms with van der Waals surface area (Å²) < 4.78 is 5.39. The van der Waals surface area contributed by atoms with Gasteiger partial charge in [-0.1, -0.05) is 32.0 Å². The minimum Gasteiger partial charge on any atom is -0.463 e. The van der Waals surface area contributed by atoms with Gasteiger partial charge >= 0.3 is 0 Å². The van der Waals surface area contributed by atoms with Crippen LogP contribution in [0.3, 0.4) is 0 Å². The molecule has 0 saturated carbocycles. The van der Waals surface area contributed by atoms with Gasteiger partial charge in [-0.25, -0.2) is 4.99 Å². The quantitative estimate of drug-likeness (QED) is 0.824. The van der Waals surface area contributed by atoms with Crippen LogP contribution in [-0.2, 0) is 17.6 Å². The zero-order valence-electron chi connectivity index (χ0n) is 11.1. The molecule has 96 valence electrons. The molecule has 1 aliphatic heterocycles. The van der Waals surface area contributed by atoms with Gasteiger partial charge in [0.25, 0.3) is 6.02 Å². The first kappa shape index (κ1) is 11.6. The fourth-order valence-corrected chi connectivity index (χ4v) is 3.16. The summed E-state index contributed by atoms with van der Waals surface area (Å²) >= 11 is 0. The van der Waals surface area contributed by atoms with Crippen molar-refractivity contribution in [3.05, 3.63) is 34.9 Å². The molecule has 3 nitrogen and oxygen atoms in total. The van der Waals surface area contributed by atoms with Gasteiger partial charge in [0.05, 0.1) is 0 Å². The van der Waals surface area contributed by atoms with Crippen molar-refractivity contribution in [2.45, 2.75) is 44.6 Å². The Balaban J connectivity index is 2.01. The van der Waals surface area contributed by atoms with Crippen LogP contribution in [0.25, 0.3) is 0 Å². The van der Waals surface area contributed by atoms with Gasteiger partial charge in [0, 0.05) is 6.42 Å². The average molecular weight is 244 g/mol. The van der Waals surface area contributed by atoms with Gasteiger partial charge in [-0.3, -0.25) is 0 Å². The molecule has 2 aliphatic rings. The molecule has 1 aromatic carbocycles. The van der Waals surface area contributed by atoms with Crippen LogP contribution in [0.5, 0.6) is 0 Å². The van der Waals surface area contributed by atoms with Crippen molar-refractivity contribution in [3.63, 3.8) is 0 Å². The van der Waals surface area contributed by atoms with E-state index in [1.165, 1.54) is 16.7 Å². The molecule has 3 heteroatoms. The molecule has 0 radical (unpaired) electrons. The van der Waals surface area contributed by atoms with Crippen molar-refractivity contribution in [2.75, 3.05) is 6.61 Å². The molecule has 0 amide bonds. The lowest BCUT2D eigenvalue weighted by Gasteiger charge is -2.32. The lowest BCUT2D eigenvalue weighted by molar-refractivity contribution is 0.234. The summed E-state index contributed by atoms with van der Waals surface area (Å²) in [6.07, 6.45) is 3.09. The van der Waals surface area contributed by atoms with Crippen LogP contribution in [0.4, 0.5) is 0 Å². The van der Waals surface area contributed by atoms with Crippen LogP contribution in [0.15, 0.2) is 23.2 Å². The van der Waals surface area contributed by atoms with Crippen LogP contribution in [0, 0.1) is 0 Å². The molecule has 1 spiro atoms. The summed E-state index contributed by atoms with van der Waals surface area (Å²) in [5.41, 5.74) is 9.99. The third-order valence-corrected chi connectivity index (χ3v) is 4.13. The van der Waals surface area contributed by atoms with Gasteiger partial charge < -0.3 is 10.5 Å². The number of nitrogens with zero attached hydrogens (tertiary/aromatic N) is 1. The topological polar surface area (TPSA) is 47.6 Å². The lowest BCUT2D eigenvalue weighted by Crippen LogP contribution is -2.36. The minimum atomic E-state index is -0.0952. The van der Waals surface area contributed by atoms with E-state index in [9.17, 15) is 0 Å². The number of rotatable bonds is 1. The zero-order valence-corrected chi connectivity index (χ0v) is 11.1. The van der Waals surface area contributed by atoms with E-state index in [4.69, 9.17) is 10.5 Å². The number of benzene rings is 1. The van der Waals surface area contributed by atoms with Crippen molar-refractivity contribution in [1.29, 1.82) is 0 Å². The molecule has 2 N–H and O–H groups in total. The summed E-state index contributed by atoms with van der Waals surface area (Å²) in [6, 6.07) is 7.03. The predicted molar refractivity (Wildman–Crippen MR) is 72.9 cm³/mol. The highest BCUT2D eigenvalue weighted by molar-refractivity contribution is 5.74. The molecule has 1 heterocycles. The van der Waals surface area contributed by atoms with E-state index in [1.807, 2.05) is 0 Å². The maximum atomic E-state index is 5.69. The fraction of sp³-hybridized carbons (Fsp3) is 0.533. The number of hydrogen-bond acceptors (Lipinski definition) is 3. The first-order chi connectivity index (χ1) is 8.60. The Labute approximate surface area is 108 Å². The number of fused-ring (bicyclic) bond motifs is 1. The number of nitrogens with two attached hydrogens (primary N) is 1. The molecule has 0 aromatic heterocycles. The number of hydrogen-bond donors (Lipinski definition) is 1. The maximum absolute atomic E-state index is 5.69. The largest absolute Gasteiger partial charge is 0.463 e. The fourth-order valence-electron chi connectivity index (χ4n) is 3.16. The van der Waals surface area contributed by atoms with E-state index in [2.05, 4.69) is 37.0 Å². The van der Waals surface area contributed by atoms with Gasteiger partial charge in [0.1, 0.15) is 12.1 Å². The van der Waals surface area contributed by atoms with E-state index in [0.29, 0.717) is 18.5 Å². The van der Waals surface area contributed by atoms with Gasteiger partial charge in [0.2, 0.25) is 0 Å². The summed E-state index contributed by atoms with van der Waals surface area (Å²) in [6.45, 7) is 5.14. The van der Waals surface area contributed by atoms with E-state index in [-0.39, 0.29) is 5.54 Å². The van der Waals surface area contributed by atoms with Crippen molar-refractivity contribution in [3.8, 4) is 0 Å². The number of ether oxygens (including phenoxy) is 1. The Hall–Kier alpha value is -1.51. The third-order valence-electron chi connectivity index (χ3n) is 4.13. The Morgan fingerprint density at radius 2 is 2.22 bits per heavy atom. The molecule has 3 rings (SSSR count). The normalized spacial score (nSPS) is 26.1. The van der Waals surface area contributed by atoms with Crippen LogP contribution in [0.2, 0.25) is 0 Å². The van der Waals surface area contributed by atoms with E-state index in [0.717, 1.165) is 19.3 Å². The first-order valence-electron chi connectivity index (χ1n) is 6.68. The van der Waals surface area contributed by atoms with E-state index >= 15 is 0 Å². The zero-order chi connectivity index (χ0) is 12.8. The third kappa shape index (κ3) is 1.78. The molecular weight excluding hydrogens is 224 g/mol. The van der Waals surface area contributed by atoms with E-state index < -0.39 is 0 Å². The highest BCUT2D eigenvalue weighted by atomic mass is 16.5. The molecule has 0 bridgehead atoms. The Kier molecular flexibility index (Phi) is 2.58. The molecule has 1 atom stereocenters. The average Bonchev–Trinajstić information content (AvgIpc) is 2.69. The second-order valence-corrected chi connectivity index (χ2v) is 5.78.